The van der Waals surface area contributed by atoms with Crippen molar-refractivity contribution in [1.82, 2.24) is 19.9 Å². The second-order valence-corrected chi connectivity index (χ2v) is 25.0. The summed E-state index contributed by atoms with van der Waals surface area (Å²) in [5, 5.41) is 0. The number of nitrogens with two attached hydrogens (primary N) is 4. The van der Waals surface area contributed by atoms with Gasteiger partial charge in [-0.2, -0.15) is 0 Å². The molecule has 8 aliphatic rings. The standard InChI is InChI=1S/C18H16N4O.C18H19N3O2.2C18H19N3O/c1-11-18(22-17(19)23-11)8-12-4-3-5-13(14(12)9-18)15-10-21-7-6-16(15)20-2;1-11-18(21-17(19)23-11)8-12-4-3-5-14(15(12)9-18)13-6-7-16(22-2)20-10-13;1-11-6-14(10-20-9-11)15-5-3-4-13-7-18(8-16(13)15)12(2)22-17(19)21-18;1-11-6-7-20-10-16(11)14-5-3-4-13-8-18(9-15(13)14)12(2)22-17(19)21-18/h3-7,10-11H,8-9H2,1H3,(H2,19,22);3-7,10-11H,8-9H2,1-2H3,(H2,19,21);3-6,9-10,12H,7-8H2,1-2H3,(H2,19,21);3-7,10,12H,8-9H2,1-2H3,(H2,19,21)/t2*11-,18-;2*12-,18-/m1111/s1. The number of hydrogen-bond acceptors (Lipinski definition) is 17. The topological polar surface area (TPSA) is 256 Å². The molecule has 0 unspecified atom stereocenters. The molecule has 4 aliphatic carbocycles. The van der Waals surface area contributed by atoms with Gasteiger partial charge in [0.05, 0.1) is 13.7 Å². The maximum Gasteiger partial charge on any atom is 0.282 e. The number of aliphatic imine (C=N–C) groups is 4. The predicted octanol–water partition coefficient (Wildman–Crippen LogP) is 10.5. The monoisotopic (exact) mass is 1200 g/mol. The van der Waals surface area contributed by atoms with E-state index in [-0.39, 0.29) is 52.6 Å². The minimum absolute atomic E-state index is 0.00302. The van der Waals surface area contributed by atoms with Crippen molar-refractivity contribution in [2.75, 3.05) is 7.11 Å². The summed E-state index contributed by atoms with van der Waals surface area (Å²) in [7, 11) is 1.62. The highest BCUT2D eigenvalue weighted by molar-refractivity contribution is 5.83. The summed E-state index contributed by atoms with van der Waals surface area (Å²) in [4.78, 5) is 39.2. The minimum atomic E-state index is -0.316. The number of benzene rings is 4. The van der Waals surface area contributed by atoms with E-state index in [0.717, 1.165) is 73.6 Å². The van der Waals surface area contributed by atoms with Gasteiger partial charge in [-0.25, -0.2) is 29.8 Å². The second-order valence-electron chi connectivity index (χ2n) is 25.0. The van der Waals surface area contributed by atoms with E-state index < -0.39 is 0 Å². The average molecular weight is 1200 g/mol. The van der Waals surface area contributed by atoms with Gasteiger partial charge in [-0.05, 0) is 144 Å². The third-order valence-electron chi connectivity index (χ3n) is 19.5. The van der Waals surface area contributed by atoms with E-state index in [1.54, 1.807) is 25.6 Å². The summed E-state index contributed by atoms with van der Waals surface area (Å²) < 4.78 is 27.6. The molecule has 16 rings (SSSR count). The van der Waals surface area contributed by atoms with Crippen molar-refractivity contribution in [1.29, 1.82) is 0 Å². The fraction of sp³-hybridized carbons (Fsp3) is 0.319. The summed E-state index contributed by atoms with van der Waals surface area (Å²) >= 11 is 0. The molecule has 8 atom stereocenters. The van der Waals surface area contributed by atoms with E-state index in [2.05, 4.69) is 151 Å². The Hall–Kier alpha value is -10.2. The van der Waals surface area contributed by atoms with Crippen LogP contribution in [-0.4, -0.2) is 97.7 Å². The maximum absolute atomic E-state index is 7.39. The number of methoxy groups -OCH3 is 1. The molecule has 8 aromatic rings. The maximum atomic E-state index is 7.39. The highest BCUT2D eigenvalue weighted by atomic mass is 16.5. The Kier molecular flexibility index (Phi) is 15.1. The first-order chi connectivity index (χ1) is 43.4. The molecule has 456 valence electrons. The number of aryl methyl sites for hydroxylation is 2. The fourth-order valence-corrected chi connectivity index (χ4v) is 14.7. The normalized spacial score (nSPS) is 25.4. The molecular weight excluding hydrogens is 1130 g/mol. The van der Waals surface area contributed by atoms with Crippen molar-refractivity contribution in [2.24, 2.45) is 42.9 Å². The highest BCUT2D eigenvalue weighted by Crippen LogP contribution is 2.48. The van der Waals surface area contributed by atoms with Crippen LogP contribution < -0.4 is 27.7 Å². The van der Waals surface area contributed by atoms with Gasteiger partial charge in [0.15, 0.2) is 5.69 Å². The molecule has 90 heavy (non-hydrogen) atoms. The number of hydrogen-bond donors (Lipinski definition) is 4. The van der Waals surface area contributed by atoms with Gasteiger partial charge in [0.2, 0.25) is 5.88 Å². The lowest BCUT2D eigenvalue weighted by atomic mass is 9.90. The van der Waals surface area contributed by atoms with Crippen LogP contribution in [0.3, 0.4) is 0 Å². The van der Waals surface area contributed by atoms with Gasteiger partial charge in [-0.15, -0.1) is 0 Å². The molecule has 8 heterocycles. The smallest absolute Gasteiger partial charge is 0.282 e. The Morgan fingerprint density at radius 2 is 0.856 bits per heavy atom. The van der Waals surface area contributed by atoms with Crippen LogP contribution in [0.1, 0.15) is 83.3 Å². The van der Waals surface area contributed by atoms with Crippen molar-refractivity contribution in [3.8, 4) is 50.4 Å². The molecule has 0 radical (unpaired) electrons. The number of aromatic nitrogens is 4. The number of amidine groups is 4. The molecule has 18 heteroatoms. The lowest BCUT2D eigenvalue weighted by Gasteiger charge is -2.23. The summed E-state index contributed by atoms with van der Waals surface area (Å²) in [6, 6.07) is 36.7. The summed E-state index contributed by atoms with van der Waals surface area (Å²) in [6.07, 6.45) is 19.6. The van der Waals surface area contributed by atoms with Gasteiger partial charge in [0.25, 0.3) is 24.1 Å². The Morgan fingerprint density at radius 1 is 0.444 bits per heavy atom. The Balaban J connectivity index is 0.000000110. The summed E-state index contributed by atoms with van der Waals surface area (Å²) in [6.45, 7) is 19.8. The van der Waals surface area contributed by atoms with Crippen molar-refractivity contribution in [2.45, 2.75) is 139 Å². The Labute approximate surface area is 524 Å². The van der Waals surface area contributed by atoms with Crippen LogP contribution in [0.25, 0.3) is 49.4 Å². The van der Waals surface area contributed by atoms with Crippen molar-refractivity contribution >= 4 is 29.8 Å². The van der Waals surface area contributed by atoms with Gasteiger partial charge < -0.3 is 46.6 Å². The highest BCUT2D eigenvalue weighted by Gasteiger charge is 2.51. The number of ether oxygens (including phenoxy) is 5. The number of rotatable bonds is 5. The van der Waals surface area contributed by atoms with Crippen LogP contribution in [0, 0.1) is 20.4 Å². The minimum Gasteiger partial charge on any atom is -0.481 e. The molecule has 4 aromatic carbocycles. The van der Waals surface area contributed by atoms with Crippen LogP contribution in [0.5, 0.6) is 5.88 Å². The first-order valence-corrected chi connectivity index (χ1v) is 30.6. The van der Waals surface area contributed by atoms with Gasteiger partial charge in [0.1, 0.15) is 46.6 Å². The molecular formula is C72H73N13O5. The van der Waals surface area contributed by atoms with E-state index in [4.69, 9.17) is 53.2 Å². The van der Waals surface area contributed by atoms with E-state index >= 15 is 0 Å². The zero-order chi connectivity index (χ0) is 62.7. The first-order valence-electron chi connectivity index (χ1n) is 30.6. The lowest BCUT2D eigenvalue weighted by Crippen LogP contribution is -2.36. The zero-order valence-electron chi connectivity index (χ0n) is 51.7. The predicted molar refractivity (Wildman–Crippen MR) is 350 cm³/mol. The molecule has 0 bridgehead atoms. The quantitative estimate of drug-likeness (QED) is 0.117. The average Bonchev–Trinajstić information content (AvgIpc) is 1.71. The molecule has 4 aromatic heterocycles. The van der Waals surface area contributed by atoms with Crippen LogP contribution in [-0.2, 0) is 70.3 Å². The molecule has 0 saturated carbocycles. The lowest BCUT2D eigenvalue weighted by molar-refractivity contribution is 0.157. The Morgan fingerprint density at radius 3 is 1.24 bits per heavy atom. The largest absolute Gasteiger partial charge is 0.481 e. The number of pyridine rings is 4. The molecule has 4 aliphatic heterocycles. The van der Waals surface area contributed by atoms with E-state index in [9.17, 15) is 0 Å². The molecule has 8 N–H and O–H groups in total. The van der Waals surface area contributed by atoms with Crippen molar-refractivity contribution in [3.05, 3.63) is 214 Å². The fourth-order valence-electron chi connectivity index (χ4n) is 14.7. The molecule has 4 spiro atoms. The first kappa shape index (κ1) is 58.8. The third kappa shape index (κ3) is 10.6. The molecule has 18 nitrogen and oxygen atoms in total. The molecule has 0 amide bonds. The van der Waals surface area contributed by atoms with Gasteiger partial charge >= 0.3 is 0 Å². The van der Waals surface area contributed by atoms with Crippen LogP contribution in [0.4, 0.5) is 5.69 Å². The second kappa shape index (κ2) is 23.1. The summed E-state index contributed by atoms with van der Waals surface area (Å²) in [5.74, 6) is 0.619. The summed E-state index contributed by atoms with van der Waals surface area (Å²) in [5.41, 5.74) is 44.7. The van der Waals surface area contributed by atoms with Crippen LogP contribution >= 0.6 is 0 Å². The van der Waals surface area contributed by atoms with E-state index in [1.165, 1.54) is 77.9 Å². The molecule has 0 saturated heterocycles. The van der Waals surface area contributed by atoms with Crippen molar-refractivity contribution in [3.63, 3.8) is 0 Å². The Bertz CT molecular complexity index is 4310. The van der Waals surface area contributed by atoms with Crippen molar-refractivity contribution < 1.29 is 23.7 Å². The third-order valence-corrected chi connectivity index (χ3v) is 19.5. The van der Waals surface area contributed by atoms with Gasteiger partial charge in [-0.3, -0.25) is 15.0 Å². The van der Waals surface area contributed by atoms with E-state index in [1.807, 2.05) is 63.0 Å². The number of fused-ring (bicyclic) bond motifs is 4. The zero-order valence-corrected chi connectivity index (χ0v) is 51.7. The van der Waals surface area contributed by atoms with E-state index in [0.29, 0.717) is 29.6 Å². The SMILES string of the molecule is COc1ccc(-c2cccc3c2C[C@@]2(C3)N=C(N)O[C@@H]2C)cn1.Cc1ccncc1-c1cccc2c1C[C@@]1(C2)N=C(N)O[C@@H]1C.Cc1cncc(-c2cccc3c2C[C@@]2(C3)N=C(N)O[C@@H]2C)c1.[C-]#[N+]c1ccncc1-c1cccc2c1C[C@@]1(C2)N=C(N)O[C@@H]1C. The molecule has 0 fully saturated rings. The number of nitrogens with zero attached hydrogens (tertiary/aromatic N) is 9. The van der Waals surface area contributed by atoms with Gasteiger partial charge in [-0.1, -0.05) is 72.8 Å². The van der Waals surface area contributed by atoms with Crippen LogP contribution in [0.2, 0.25) is 0 Å². The van der Waals surface area contributed by atoms with Crippen LogP contribution in [0.15, 0.2) is 166 Å². The van der Waals surface area contributed by atoms with Gasteiger partial charge in [0, 0.05) is 123 Å².